The van der Waals surface area contributed by atoms with Crippen LogP contribution in [0.3, 0.4) is 0 Å². The van der Waals surface area contributed by atoms with Crippen molar-refractivity contribution in [2.75, 3.05) is 58.9 Å². The van der Waals surface area contributed by atoms with Crippen LogP contribution in [0.2, 0.25) is 0 Å². The molecular weight excluding hydrogens is 1370 g/mol. The van der Waals surface area contributed by atoms with Crippen molar-refractivity contribution in [3.05, 3.63) is 323 Å². The molecule has 0 aliphatic heterocycles. The number of nitrogens with zero attached hydrogens (tertiary/aromatic N) is 8. The fourth-order valence-electron chi connectivity index (χ4n) is 13.8. The largest absolute Gasteiger partial charge is 0.368 e. The van der Waals surface area contributed by atoms with Gasteiger partial charge >= 0.3 is 0 Å². The Kier molecular flexibility index (Phi) is 29.6. The monoisotopic (exact) mass is 1470 g/mol. The minimum Gasteiger partial charge on any atom is -0.368 e. The molecule has 0 bridgehead atoms. The van der Waals surface area contributed by atoms with Crippen LogP contribution in [0.4, 0.5) is 0 Å². The molecule has 9 aromatic rings. The summed E-state index contributed by atoms with van der Waals surface area (Å²) in [7, 11) is 0. The van der Waals surface area contributed by atoms with Crippen molar-refractivity contribution in [2.24, 2.45) is 5.73 Å². The van der Waals surface area contributed by atoms with E-state index in [4.69, 9.17) is 5.73 Å². The second-order valence-electron chi connectivity index (χ2n) is 27.8. The molecular formula is C90H102N10O9. The first-order valence-corrected chi connectivity index (χ1v) is 37.3. The number of benzene rings is 9. The standard InChI is InChI=1S/C90H102N10O9/c1-64(73-37-19-10-20-38-73)92-55-83(102)94(66(3)75-41-23-12-24-42-75)57-85(104)96(68(5)77-45-27-14-28-46-77)59-87(106)98(70(7)79-49-31-16-32-50-79)61-89(108)100(72(9)81-53-35-18-36-54-81)63-90(109)99(71(8)80-51-33-17-34-52-80)62-88(107)97(69(6)78-47-29-15-30-48-78)60-86(105)95(67(4)76-43-25-13-26-44-76)58-84(103)93(56-82(91)101)65(2)74-39-21-11-22-40-74/h10-54,64-72,92H,55-63H2,1-9H3,(H2,91,101)/t64-,65-,66-,67-,68-,69-,70-,71-,72-/m0/s1. The van der Waals surface area contributed by atoms with E-state index in [1.54, 1.807) is 41.5 Å². The summed E-state index contributed by atoms with van der Waals surface area (Å²) in [6, 6.07) is 77.4. The van der Waals surface area contributed by atoms with Crippen LogP contribution in [0, 0.1) is 0 Å². The molecule has 0 aromatic heterocycles. The molecule has 9 rings (SSSR count). The quantitative estimate of drug-likeness (QED) is 0.0378. The number of rotatable bonds is 36. The van der Waals surface area contributed by atoms with Crippen LogP contribution >= 0.6 is 0 Å². The molecule has 0 aliphatic carbocycles. The number of hydrogen-bond donors (Lipinski definition) is 2. The fraction of sp³-hybridized carbons (Fsp3) is 0.300. The molecule has 19 nitrogen and oxygen atoms in total. The van der Waals surface area contributed by atoms with E-state index in [-0.39, 0.29) is 18.5 Å². The summed E-state index contributed by atoms with van der Waals surface area (Å²) in [6.45, 7) is 12.1. The summed E-state index contributed by atoms with van der Waals surface area (Å²) < 4.78 is 0. The molecule has 0 spiro atoms. The van der Waals surface area contributed by atoms with Crippen LogP contribution in [-0.4, -0.2) is 151 Å². The third kappa shape index (κ3) is 21.9. The molecule has 566 valence electrons. The predicted molar refractivity (Wildman–Crippen MR) is 425 cm³/mol. The molecule has 19 heteroatoms. The van der Waals surface area contributed by atoms with E-state index in [0.717, 1.165) is 22.3 Å². The van der Waals surface area contributed by atoms with Gasteiger partial charge in [-0.05, 0) is 112 Å². The molecule has 109 heavy (non-hydrogen) atoms. The number of amides is 9. The molecule has 9 amide bonds. The van der Waals surface area contributed by atoms with Gasteiger partial charge in [0.25, 0.3) is 0 Å². The van der Waals surface area contributed by atoms with Crippen molar-refractivity contribution in [3.63, 3.8) is 0 Å². The summed E-state index contributed by atoms with van der Waals surface area (Å²) in [5.74, 6) is -5.25. The Labute approximate surface area is 641 Å². The third-order valence-corrected chi connectivity index (χ3v) is 20.9. The first-order valence-electron chi connectivity index (χ1n) is 37.3. The lowest BCUT2D eigenvalue weighted by Gasteiger charge is -2.39. The maximum Gasteiger partial charge on any atom is 0.243 e. The molecule has 0 aliphatic rings. The number of primary amides is 1. The zero-order valence-electron chi connectivity index (χ0n) is 63.9. The van der Waals surface area contributed by atoms with Gasteiger partial charge in [-0.15, -0.1) is 0 Å². The lowest BCUT2D eigenvalue weighted by molar-refractivity contribution is -0.152. The lowest BCUT2D eigenvalue weighted by Crippen LogP contribution is -2.53. The Morgan fingerprint density at radius 1 is 0.220 bits per heavy atom. The van der Waals surface area contributed by atoms with Crippen molar-refractivity contribution in [1.82, 2.24) is 44.5 Å². The predicted octanol–water partition coefficient (Wildman–Crippen LogP) is 13.5. The Balaban J connectivity index is 1.06. The molecule has 3 N–H and O–H groups in total. The van der Waals surface area contributed by atoms with E-state index < -0.39 is 148 Å². The van der Waals surface area contributed by atoms with Gasteiger partial charge in [0, 0.05) is 6.04 Å². The molecule has 0 radical (unpaired) electrons. The Morgan fingerprint density at radius 3 is 0.514 bits per heavy atom. The summed E-state index contributed by atoms with van der Waals surface area (Å²) >= 11 is 0. The first kappa shape index (κ1) is 81.3. The van der Waals surface area contributed by atoms with Crippen LogP contribution in [0.15, 0.2) is 273 Å². The van der Waals surface area contributed by atoms with Gasteiger partial charge in [-0.3, -0.25) is 43.2 Å². The van der Waals surface area contributed by atoms with Gasteiger partial charge in [-0.1, -0.05) is 273 Å². The number of hydrogen-bond acceptors (Lipinski definition) is 10. The second kappa shape index (κ2) is 39.7. The third-order valence-electron chi connectivity index (χ3n) is 20.9. The van der Waals surface area contributed by atoms with Crippen molar-refractivity contribution in [2.45, 2.75) is 117 Å². The number of nitrogens with two attached hydrogens (primary N) is 1. The van der Waals surface area contributed by atoms with Gasteiger partial charge in [0.1, 0.15) is 45.8 Å². The van der Waals surface area contributed by atoms with E-state index in [1.165, 1.54) is 39.2 Å². The zero-order valence-corrected chi connectivity index (χ0v) is 63.9. The van der Waals surface area contributed by atoms with Gasteiger partial charge in [0.05, 0.1) is 61.4 Å². The summed E-state index contributed by atoms with van der Waals surface area (Å²) in [6.07, 6.45) is 0. The Hall–Kier alpha value is -11.8. The Morgan fingerprint density at radius 2 is 0.358 bits per heavy atom. The maximum absolute atomic E-state index is 16.1. The normalized spacial score (nSPS) is 13.6. The summed E-state index contributed by atoms with van der Waals surface area (Å²) in [5, 5.41) is 3.36. The highest BCUT2D eigenvalue weighted by atomic mass is 16.2. The van der Waals surface area contributed by atoms with Gasteiger partial charge in [0.15, 0.2) is 0 Å². The smallest absolute Gasteiger partial charge is 0.243 e. The van der Waals surface area contributed by atoms with Gasteiger partial charge < -0.3 is 50.2 Å². The van der Waals surface area contributed by atoms with E-state index >= 15 is 28.8 Å². The van der Waals surface area contributed by atoms with Crippen LogP contribution in [0.1, 0.15) is 167 Å². The first-order chi connectivity index (χ1) is 52.5. The highest BCUT2D eigenvalue weighted by Gasteiger charge is 2.39. The van der Waals surface area contributed by atoms with Crippen molar-refractivity contribution in [1.29, 1.82) is 0 Å². The van der Waals surface area contributed by atoms with Gasteiger partial charge in [-0.25, -0.2) is 0 Å². The summed E-state index contributed by atoms with van der Waals surface area (Å²) in [4.78, 5) is 149. The van der Waals surface area contributed by atoms with Crippen LogP contribution in [0.25, 0.3) is 0 Å². The van der Waals surface area contributed by atoms with Crippen molar-refractivity contribution in [3.8, 4) is 0 Å². The maximum atomic E-state index is 16.1. The number of nitrogens with one attached hydrogen (secondary N) is 1. The minimum absolute atomic E-state index is 0.0968. The Bertz CT molecular complexity index is 4420. The zero-order chi connectivity index (χ0) is 78.1. The van der Waals surface area contributed by atoms with Gasteiger partial charge in [0.2, 0.25) is 53.2 Å². The van der Waals surface area contributed by atoms with Gasteiger partial charge in [-0.2, -0.15) is 0 Å². The fourth-order valence-corrected chi connectivity index (χ4v) is 13.8. The molecule has 9 atom stereocenters. The number of carbonyl (C=O) groups excluding carboxylic acids is 9. The lowest BCUT2D eigenvalue weighted by atomic mass is 10.0. The van der Waals surface area contributed by atoms with E-state index in [2.05, 4.69) is 5.32 Å². The van der Waals surface area contributed by atoms with E-state index in [1.807, 2.05) is 294 Å². The highest BCUT2D eigenvalue weighted by molar-refractivity contribution is 5.95. The van der Waals surface area contributed by atoms with Crippen molar-refractivity contribution < 1.29 is 43.2 Å². The van der Waals surface area contributed by atoms with Crippen LogP contribution < -0.4 is 11.1 Å². The molecule has 0 fully saturated rings. The van der Waals surface area contributed by atoms with Crippen molar-refractivity contribution >= 4 is 53.2 Å². The SMILES string of the molecule is C[C@H](NCC(=O)N(CC(=O)N(CC(=O)N(CC(=O)N(CC(=O)N(CC(=O)N(CC(=O)N(CC(=O)N(CC(N)=O)[C@@H](C)c1ccccc1)[C@@H](C)c1ccccc1)[C@@H](C)c1ccccc1)[C@@H](C)c1ccccc1)[C@@H](C)c1ccccc1)[C@@H](C)c1ccccc1)[C@@H](C)c1ccccc1)[C@@H](C)c1ccccc1)c1ccccc1. The average Bonchev–Trinajstić information content (AvgIpc) is 0.810. The highest BCUT2D eigenvalue weighted by Crippen LogP contribution is 2.32. The van der Waals surface area contributed by atoms with Crippen LogP contribution in [0.5, 0.6) is 0 Å². The summed E-state index contributed by atoms with van der Waals surface area (Å²) in [5.41, 5.74) is 12.4. The molecule has 0 heterocycles. The second-order valence-corrected chi connectivity index (χ2v) is 27.8. The molecule has 9 aromatic carbocycles. The van der Waals surface area contributed by atoms with Crippen LogP contribution in [-0.2, 0) is 43.2 Å². The van der Waals surface area contributed by atoms with E-state index in [9.17, 15) is 14.4 Å². The molecule has 0 unspecified atom stereocenters. The van der Waals surface area contributed by atoms with E-state index in [0.29, 0.717) is 27.8 Å². The molecule has 0 saturated heterocycles. The number of carbonyl (C=O) groups is 9. The average molecular weight is 1470 g/mol. The topological polar surface area (TPSA) is 218 Å². The minimum atomic E-state index is -0.816. The molecule has 0 saturated carbocycles.